The van der Waals surface area contributed by atoms with E-state index < -0.39 is 0 Å². The number of rotatable bonds is 6. The number of hydrogen-bond acceptors (Lipinski definition) is 3. The van der Waals surface area contributed by atoms with Crippen molar-refractivity contribution in [3.8, 4) is 5.75 Å². The first-order valence-corrected chi connectivity index (χ1v) is 8.56. The van der Waals surface area contributed by atoms with E-state index in [1.165, 1.54) is 16.0 Å². The number of thioether (sulfide) groups is 1. The van der Waals surface area contributed by atoms with Crippen LogP contribution in [0.3, 0.4) is 0 Å². The van der Waals surface area contributed by atoms with Crippen LogP contribution in [-0.2, 0) is 12.3 Å². The molecule has 0 N–H and O–H groups in total. The topological polar surface area (TPSA) is 12.5 Å². The first kappa shape index (κ1) is 16.4. The van der Waals surface area contributed by atoms with E-state index >= 15 is 0 Å². The maximum absolute atomic E-state index is 5.44. The highest BCUT2D eigenvalue weighted by molar-refractivity contribution is 9.10. The summed E-state index contributed by atoms with van der Waals surface area (Å²) in [6, 6.07) is 14.7. The van der Waals surface area contributed by atoms with Crippen LogP contribution < -0.4 is 4.74 Å². The highest BCUT2D eigenvalue weighted by Gasteiger charge is 2.08. The SMILES string of the molecule is COc1ccc(Br)cc1CSc1ccccc1CN(C)C. The average Bonchev–Trinajstić information content (AvgIpc) is 2.46. The Labute approximate surface area is 139 Å². The van der Waals surface area contributed by atoms with Crippen LogP contribution in [0.1, 0.15) is 11.1 Å². The normalized spacial score (nSPS) is 10.9. The van der Waals surface area contributed by atoms with E-state index in [0.717, 1.165) is 22.5 Å². The number of methoxy groups -OCH3 is 1. The minimum absolute atomic E-state index is 0.896. The van der Waals surface area contributed by atoms with Crippen molar-refractivity contribution in [2.75, 3.05) is 21.2 Å². The predicted octanol–water partition coefficient (Wildman–Crippen LogP) is 4.81. The second kappa shape index (κ2) is 7.87. The Hall–Kier alpha value is -0.970. The molecule has 2 rings (SSSR count). The van der Waals surface area contributed by atoms with Gasteiger partial charge in [0, 0.05) is 27.2 Å². The van der Waals surface area contributed by atoms with Crippen molar-refractivity contribution in [3.63, 3.8) is 0 Å². The number of halogens is 1. The molecular formula is C17H20BrNOS. The Kier molecular flexibility index (Phi) is 6.15. The highest BCUT2D eigenvalue weighted by Crippen LogP contribution is 2.32. The first-order valence-electron chi connectivity index (χ1n) is 6.78. The lowest BCUT2D eigenvalue weighted by Crippen LogP contribution is -2.11. The van der Waals surface area contributed by atoms with Gasteiger partial charge < -0.3 is 9.64 Å². The van der Waals surface area contributed by atoms with Crippen LogP contribution in [0.2, 0.25) is 0 Å². The molecule has 0 atom stereocenters. The van der Waals surface area contributed by atoms with Crippen molar-refractivity contribution < 1.29 is 4.74 Å². The summed E-state index contributed by atoms with van der Waals surface area (Å²) in [7, 11) is 5.91. The van der Waals surface area contributed by atoms with Gasteiger partial charge in [-0.15, -0.1) is 11.8 Å². The molecule has 0 bridgehead atoms. The standard InChI is InChI=1S/C17H20BrNOS/c1-19(2)11-13-6-4-5-7-17(13)21-12-14-10-15(18)8-9-16(14)20-3/h4-10H,11-12H2,1-3H3. The van der Waals surface area contributed by atoms with Crippen LogP contribution in [0, 0.1) is 0 Å². The van der Waals surface area contributed by atoms with E-state index in [2.05, 4.69) is 65.3 Å². The Morgan fingerprint density at radius 1 is 1.10 bits per heavy atom. The Morgan fingerprint density at radius 2 is 1.86 bits per heavy atom. The number of hydrogen-bond donors (Lipinski definition) is 0. The molecule has 0 heterocycles. The maximum Gasteiger partial charge on any atom is 0.122 e. The largest absolute Gasteiger partial charge is 0.496 e. The Bertz CT molecular complexity index is 601. The van der Waals surface area contributed by atoms with Gasteiger partial charge in [0.25, 0.3) is 0 Å². The van der Waals surface area contributed by atoms with E-state index in [0.29, 0.717) is 0 Å². The van der Waals surface area contributed by atoms with Gasteiger partial charge in [-0.1, -0.05) is 34.1 Å². The smallest absolute Gasteiger partial charge is 0.122 e. The van der Waals surface area contributed by atoms with Crippen LogP contribution >= 0.6 is 27.7 Å². The van der Waals surface area contributed by atoms with Crippen molar-refractivity contribution in [2.24, 2.45) is 0 Å². The summed E-state index contributed by atoms with van der Waals surface area (Å²) in [4.78, 5) is 3.52. The molecule has 0 aromatic heterocycles. The zero-order chi connectivity index (χ0) is 15.2. The number of benzene rings is 2. The van der Waals surface area contributed by atoms with E-state index in [4.69, 9.17) is 4.74 Å². The molecule has 2 aromatic carbocycles. The molecular weight excluding hydrogens is 346 g/mol. The fraction of sp³-hybridized carbons (Fsp3) is 0.294. The third kappa shape index (κ3) is 4.77. The summed E-state index contributed by atoms with van der Waals surface area (Å²) < 4.78 is 6.52. The number of ether oxygens (including phenoxy) is 1. The van der Waals surface area contributed by atoms with Crippen molar-refractivity contribution in [3.05, 3.63) is 58.1 Å². The molecule has 0 aliphatic carbocycles. The zero-order valence-corrected chi connectivity index (χ0v) is 15.0. The van der Waals surface area contributed by atoms with Gasteiger partial charge >= 0.3 is 0 Å². The summed E-state index contributed by atoms with van der Waals surface area (Å²) in [5.41, 5.74) is 2.57. The van der Waals surface area contributed by atoms with Crippen molar-refractivity contribution in [1.82, 2.24) is 4.90 Å². The molecule has 0 amide bonds. The molecule has 0 spiro atoms. The quantitative estimate of drug-likeness (QED) is 0.681. The van der Waals surface area contributed by atoms with E-state index in [9.17, 15) is 0 Å². The molecule has 0 saturated heterocycles. The van der Waals surface area contributed by atoms with E-state index in [1.54, 1.807) is 7.11 Å². The summed E-state index contributed by atoms with van der Waals surface area (Å²) in [5, 5.41) is 0. The van der Waals surface area contributed by atoms with E-state index in [-0.39, 0.29) is 0 Å². The lowest BCUT2D eigenvalue weighted by atomic mass is 10.2. The van der Waals surface area contributed by atoms with Gasteiger partial charge in [-0.05, 0) is 43.9 Å². The Balaban J connectivity index is 2.15. The fourth-order valence-corrected chi connectivity index (χ4v) is 3.57. The van der Waals surface area contributed by atoms with E-state index in [1.807, 2.05) is 23.9 Å². The molecule has 112 valence electrons. The molecule has 0 fully saturated rings. The molecule has 0 saturated carbocycles. The minimum Gasteiger partial charge on any atom is -0.496 e. The monoisotopic (exact) mass is 365 g/mol. The van der Waals surface area contributed by atoms with Gasteiger partial charge in [-0.2, -0.15) is 0 Å². The summed E-state index contributed by atoms with van der Waals surface area (Å²) >= 11 is 5.38. The average molecular weight is 366 g/mol. The zero-order valence-electron chi connectivity index (χ0n) is 12.6. The van der Waals surface area contributed by atoms with Gasteiger partial charge in [-0.3, -0.25) is 0 Å². The maximum atomic E-state index is 5.44. The summed E-state index contributed by atoms with van der Waals surface area (Å²) in [6.07, 6.45) is 0. The molecule has 2 nitrogen and oxygen atoms in total. The summed E-state index contributed by atoms with van der Waals surface area (Å²) in [6.45, 7) is 0.957. The lowest BCUT2D eigenvalue weighted by molar-refractivity contribution is 0.399. The van der Waals surface area contributed by atoms with Crippen LogP contribution in [0.25, 0.3) is 0 Å². The molecule has 21 heavy (non-hydrogen) atoms. The number of nitrogens with zero attached hydrogens (tertiary/aromatic N) is 1. The van der Waals surface area contributed by atoms with Crippen LogP contribution in [0.5, 0.6) is 5.75 Å². The third-order valence-electron chi connectivity index (χ3n) is 3.08. The Morgan fingerprint density at radius 3 is 2.57 bits per heavy atom. The minimum atomic E-state index is 0.896. The summed E-state index contributed by atoms with van der Waals surface area (Å²) in [5.74, 6) is 1.84. The molecule has 4 heteroatoms. The van der Waals surface area contributed by atoms with Gasteiger partial charge in [0.1, 0.15) is 5.75 Å². The molecule has 2 aromatic rings. The lowest BCUT2D eigenvalue weighted by Gasteiger charge is -2.14. The van der Waals surface area contributed by atoms with Gasteiger partial charge in [-0.25, -0.2) is 0 Å². The predicted molar refractivity (Wildman–Crippen MR) is 94.1 cm³/mol. The van der Waals surface area contributed by atoms with Crippen LogP contribution in [-0.4, -0.2) is 26.1 Å². The fourth-order valence-electron chi connectivity index (χ4n) is 2.13. The molecule has 0 aliphatic rings. The molecule has 0 unspecified atom stereocenters. The third-order valence-corrected chi connectivity index (χ3v) is 4.74. The van der Waals surface area contributed by atoms with Crippen molar-refractivity contribution >= 4 is 27.7 Å². The molecule has 0 radical (unpaired) electrons. The van der Waals surface area contributed by atoms with Crippen molar-refractivity contribution in [2.45, 2.75) is 17.2 Å². The molecule has 0 aliphatic heterocycles. The second-order valence-corrected chi connectivity index (χ2v) is 7.02. The second-order valence-electron chi connectivity index (χ2n) is 5.09. The first-order chi connectivity index (χ1) is 10.1. The van der Waals surface area contributed by atoms with Crippen molar-refractivity contribution in [1.29, 1.82) is 0 Å². The van der Waals surface area contributed by atoms with Gasteiger partial charge in [0.15, 0.2) is 0 Å². The van der Waals surface area contributed by atoms with Gasteiger partial charge in [0.05, 0.1) is 7.11 Å². The van der Waals surface area contributed by atoms with Gasteiger partial charge in [0.2, 0.25) is 0 Å². The van der Waals surface area contributed by atoms with Crippen LogP contribution in [0.15, 0.2) is 51.8 Å². The highest BCUT2D eigenvalue weighted by atomic mass is 79.9. The van der Waals surface area contributed by atoms with Crippen LogP contribution in [0.4, 0.5) is 0 Å².